The first-order valence-corrected chi connectivity index (χ1v) is 8.74. The van der Waals surface area contributed by atoms with Crippen molar-refractivity contribution >= 4 is 5.91 Å². The number of rotatable bonds is 6. The van der Waals surface area contributed by atoms with E-state index in [2.05, 4.69) is 24.0 Å². The van der Waals surface area contributed by atoms with E-state index in [1.807, 2.05) is 4.90 Å². The van der Waals surface area contributed by atoms with Crippen LogP contribution in [-0.2, 0) is 6.61 Å². The van der Waals surface area contributed by atoms with Gasteiger partial charge in [0.05, 0.1) is 5.69 Å². The van der Waals surface area contributed by atoms with E-state index in [4.69, 9.17) is 4.74 Å². The van der Waals surface area contributed by atoms with Crippen LogP contribution in [0.2, 0.25) is 0 Å². The number of amides is 1. The second kappa shape index (κ2) is 7.68. The molecule has 1 aromatic heterocycles. The summed E-state index contributed by atoms with van der Waals surface area (Å²) in [5, 5.41) is 6.89. The monoisotopic (exact) mass is 345 g/mol. The molecule has 0 aliphatic carbocycles. The van der Waals surface area contributed by atoms with Gasteiger partial charge in [-0.25, -0.2) is 4.39 Å². The number of hydrogen-bond acceptors (Lipinski definition) is 3. The third-order valence-electron chi connectivity index (χ3n) is 4.45. The molecule has 1 atom stereocenters. The molecule has 1 saturated heterocycles. The van der Waals surface area contributed by atoms with Gasteiger partial charge in [-0.2, -0.15) is 5.10 Å². The molecular weight excluding hydrogens is 321 g/mol. The average molecular weight is 345 g/mol. The highest BCUT2D eigenvalue weighted by atomic mass is 19.1. The number of nitrogens with zero attached hydrogens (tertiary/aromatic N) is 2. The molecule has 1 fully saturated rings. The van der Waals surface area contributed by atoms with Crippen molar-refractivity contribution in [2.45, 2.75) is 33.3 Å². The van der Waals surface area contributed by atoms with Gasteiger partial charge < -0.3 is 9.64 Å². The van der Waals surface area contributed by atoms with Crippen LogP contribution in [0.25, 0.3) is 0 Å². The number of carbonyl (C=O) groups excluding carboxylic acids is 1. The summed E-state index contributed by atoms with van der Waals surface area (Å²) in [4.78, 5) is 14.4. The van der Waals surface area contributed by atoms with E-state index >= 15 is 0 Å². The minimum absolute atomic E-state index is 0.0559. The van der Waals surface area contributed by atoms with Crippen LogP contribution in [0.1, 0.15) is 42.9 Å². The fraction of sp³-hybridized carbons (Fsp3) is 0.474. The number of H-pyrrole nitrogens is 1. The van der Waals surface area contributed by atoms with E-state index < -0.39 is 5.82 Å². The summed E-state index contributed by atoms with van der Waals surface area (Å²) in [6.07, 6.45) is 2.20. The van der Waals surface area contributed by atoms with Crippen molar-refractivity contribution in [2.75, 3.05) is 13.1 Å². The van der Waals surface area contributed by atoms with Gasteiger partial charge in [-0.1, -0.05) is 26.0 Å². The normalized spacial score (nSPS) is 17.3. The Morgan fingerprint density at radius 1 is 1.44 bits per heavy atom. The van der Waals surface area contributed by atoms with Crippen LogP contribution >= 0.6 is 0 Å². The Hall–Kier alpha value is -2.37. The largest absolute Gasteiger partial charge is 0.484 e. The predicted molar refractivity (Wildman–Crippen MR) is 92.8 cm³/mol. The van der Waals surface area contributed by atoms with Crippen molar-refractivity contribution in [1.29, 1.82) is 0 Å². The van der Waals surface area contributed by atoms with Crippen molar-refractivity contribution < 1.29 is 13.9 Å². The first kappa shape index (κ1) is 17.5. The van der Waals surface area contributed by atoms with E-state index in [0.29, 0.717) is 23.2 Å². The number of nitrogens with one attached hydrogen (secondary N) is 1. The van der Waals surface area contributed by atoms with Crippen LogP contribution in [-0.4, -0.2) is 34.1 Å². The molecule has 134 valence electrons. The molecule has 2 heterocycles. The highest BCUT2D eigenvalue weighted by Gasteiger charge is 2.28. The van der Waals surface area contributed by atoms with E-state index in [1.165, 1.54) is 6.07 Å². The summed E-state index contributed by atoms with van der Waals surface area (Å²) in [7, 11) is 0. The lowest BCUT2D eigenvalue weighted by molar-refractivity contribution is 0.0779. The summed E-state index contributed by atoms with van der Waals surface area (Å²) >= 11 is 0. The van der Waals surface area contributed by atoms with Gasteiger partial charge in [-0.05, 0) is 42.9 Å². The van der Waals surface area contributed by atoms with E-state index in [9.17, 15) is 9.18 Å². The number of carbonyl (C=O) groups is 1. The average Bonchev–Trinajstić information content (AvgIpc) is 3.22. The second-order valence-corrected chi connectivity index (χ2v) is 7.03. The van der Waals surface area contributed by atoms with Gasteiger partial charge in [0, 0.05) is 13.1 Å². The number of benzene rings is 1. The van der Waals surface area contributed by atoms with Crippen molar-refractivity contribution in [1.82, 2.24) is 15.1 Å². The molecule has 2 aromatic rings. The molecule has 0 spiro atoms. The van der Waals surface area contributed by atoms with Crippen molar-refractivity contribution in [2.24, 2.45) is 11.8 Å². The van der Waals surface area contributed by atoms with Gasteiger partial charge in [0.1, 0.15) is 6.61 Å². The van der Waals surface area contributed by atoms with E-state index in [-0.39, 0.29) is 18.3 Å². The van der Waals surface area contributed by atoms with E-state index in [0.717, 1.165) is 25.9 Å². The molecule has 1 unspecified atom stereocenters. The lowest BCUT2D eigenvalue weighted by Crippen LogP contribution is -2.29. The quantitative estimate of drug-likeness (QED) is 0.870. The maximum atomic E-state index is 13.5. The summed E-state index contributed by atoms with van der Waals surface area (Å²) in [6.45, 7) is 6.13. The van der Waals surface area contributed by atoms with Gasteiger partial charge in [0.2, 0.25) is 0 Å². The smallest absolute Gasteiger partial charge is 0.274 e. The van der Waals surface area contributed by atoms with Crippen molar-refractivity contribution in [3.63, 3.8) is 0 Å². The number of para-hydroxylation sites is 1. The molecule has 5 nitrogen and oxygen atoms in total. The maximum Gasteiger partial charge on any atom is 0.274 e. The molecule has 6 heteroatoms. The zero-order chi connectivity index (χ0) is 17.8. The molecule has 0 saturated carbocycles. The Balaban J connectivity index is 1.56. The minimum atomic E-state index is -0.411. The summed E-state index contributed by atoms with van der Waals surface area (Å²) in [5.41, 5.74) is 1.03. The predicted octanol–water partition coefficient (Wildman–Crippen LogP) is 3.64. The van der Waals surface area contributed by atoms with Crippen LogP contribution in [0.15, 0.2) is 30.3 Å². The molecule has 1 aliphatic rings. The van der Waals surface area contributed by atoms with Gasteiger partial charge >= 0.3 is 0 Å². The summed E-state index contributed by atoms with van der Waals surface area (Å²) in [6, 6.07) is 7.91. The number of aromatic nitrogens is 2. The molecule has 1 amide bonds. The van der Waals surface area contributed by atoms with Crippen LogP contribution in [0, 0.1) is 17.7 Å². The lowest BCUT2D eigenvalue weighted by atomic mass is 9.97. The standard InChI is InChI=1S/C19H24FN3O2/c1-13(2)9-14-7-8-23(11-14)19(24)17-10-15(21-22-17)12-25-18-6-4-3-5-16(18)20/h3-6,10,13-14H,7-9,11-12H2,1-2H3,(H,21,22). The molecule has 1 aromatic carbocycles. The van der Waals surface area contributed by atoms with Gasteiger partial charge in [0.25, 0.3) is 5.91 Å². The number of aromatic amines is 1. The second-order valence-electron chi connectivity index (χ2n) is 7.03. The SMILES string of the molecule is CC(C)CC1CCN(C(=O)c2cc(COc3ccccc3F)[nH]n2)C1. The van der Waals surface area contributed by atoms with Gasteiger partial charge in [-0.3, -0.25) is 9.89 Å². The highest BCUT2D eigenvalue weighted by molar-refractivity contribution is 5.92. The van der Waals surface area contributed by atoms with Crippen LogP contribution in [0.3, 0.4) is 0 Å². The van der Waals surface area contributed by atoms with Crippen LogP contribution in [0.4, 0.5) is 4.39 Å². The van der Waals surface area contributed by atoms with Gasteiger partial charge in [0.15, 0.2) is 17.3 Å². The fourth-order valence-corrected chi connectivity index (χ4v) is 3.30. The Bertz CT molecular complexity index is 729. The summed E-state index contributed by atoms with van der Waals surface area (Å²) < 4.78 is 19.0. The van der Waals surface area contributed by atoms with Crippen LogP contribution in [0.5, 0.6) is 5.75 Å². The summed E-state index contributed by atoms with van der Waals surface area (Å²) in [5.74, 6) is 0.937. The zero-order valence-corrected chi connectivity index (χ0v) is 14.7. The Morgan fingerprint density at radius 3 is 3.00 bits per heavy atom. The lowest BCUT2D eigenvalue weighted by Gasteiger charge is -2.16. The Kier molecular flexibility index (Phi) is 5.36. The van der Waals surface area contributed by atoms with Crippen molar-refractivity contribution in [3.8, 4) is 5.75 Å². The number of halogens is 1. The number of hydrogen-bond donors (Lipinski definition) is 1. The number of likely N-dealkylation sites (tertiary alicyclic amines) is 1. The molecule has 25 heavy (non-hydrogen) atoms. The third-order valence-corrected chi connectivity index (χ3v) is 4.45. The third kappa shape index (κ3) is 4.38. The Morgan fingerprint density at radius 2 is 2.24 bits per heavy atom. The fourth-order valence-electron chi connectivity index (χ4n) is 3.30. The molecule has 1 N–H and O–H groups in total. The van der Waals surface area contributed by atoms with Crippen molar-refractivity contribution in [3.05, 3.63) is 47.5 Å². The van der Waals surface area contributed by atoms with E-state index in [1.54, 1.807) is 24.3 Å². The van der Waals surface area contributed by atoms with Gasteiger partial charge in [-0.15, -0.1) is 0 Å². The molecular formula is C19H24FN3O2. The van der Waals surface area contributed by atoms with Crippen LogP contribution < -0.4 is 4.74 Å². The highest BCUT2D eigenvalue weighted by Crippen LogP contribution is 2.24. The minimum Gasteiger partial charge on any atom is -0.484 e. The number of ether oxygens (including phenoxy) is 1. The molecule has 0 bridgehead atoms. The zero-order valence-electron chi connectivity index (χ0n) is 14.7. The first-order valence-electron chi connectivity index (χ1n) is 8.74. The maximum absolute atomic E-state index is 13.5. The first-order chi connectivity index (χ1) is 12.0. The Labute approximate surface area is 147 Å². The molecule has 0 radical (unpaired) electrons. The topological polar surface area (TPSA) is 58.2 Å². The molecule has 1 aliphatic heterocycles. The molecule has 3 rings (SSSR count).